The van der Waals surface area contributed by atoms with Crippen LogP contribution in [0.25, 0.3) is 10.4 Å². The van der Waals surface area contributed by atoms with Crippen molar-refractivity contribution >= 4 is 11.6 Å². The van der Waals surface area contributed by atoms with E-state index in [0.29, 0.717) is 0 Å². The number of hydrogen-bond acceptors (Lipinski definition) is 3. The average Bonchev–Trinajstić information content (AvgIpc) is 2.58. The maximum atomic E-state index is 12.3. The second-order valence-electron chi connectivity index (χ2n) is 4.91. The Morgan fingerprint density at radius 3 is 2.41 bits per heavy atom. The molecule has 0 spiro atoms. The Morgan fingerprint density at radius 1 is 1.14 bits per heavy atom. The van der Waals surface area contributed by atoms with Gasteiger partial charge in [-0.3, -0.25) is 4.79 Å². The van der Waals surface area contributed by atoms with Crippen LogP contribution >= 0.6 is 0 Å². The molecule has 0 N–H and O–H groups in total. The van der Waals surface area contributed by atoms with E-state index in [9.17, 15) is 4.79 Å². The van der Waals surface area contributed by atoms with Crippen LogP contribution < -0.4 is 9.64 Å². The number of rotatable bonds is 4. The maximum Gasteiger partial charge on any atom is 0.239 e. The van der Waals surface area contributed by atoms with Crippen LogP contribution in [0.3, 0.4) is 0 Å². The summed E-state index contributed by atoms with van der Waals surface area (Å²) in [7, 11) is 1.59. The summed E-state index contributed by atoms with van der Waals surface area (Å²) in [5, 5.41) is 3.64. The molecular weight excluding hydrogens is 280 g/mol. The first-order chi connectivity index (χ1) is 10.8. The second kappa shape index (κ2) is 5.79. The Morgan fingerprint density at radius 2 is 1.82 bits per heavy atom. The number of β-lactam (4-membered cyclic amide) rings is 1. The summed E-state index contributed by atoms with van der Waals surface area (Å²) in [6, 6.07) is 15.8. The zero-order chi connectivity index (χ0) is 15.5. The van der Waals surface area contributed by atoms with Crippen molar-refractivity contribution in [2.75, 3.05) is 12.0 Å². The van der Waals surface area contributed by atoms with Crippen LogP contribution in [0, 0.1) is 0 Å². The topological polar surface area (TPSA) is 78.3 Å². The fraction of sp³-hybridized carbons (Fsp3) is 0.188. The number of carbonyl (C=O) groups is 1. The van der Waals surface area contributed by atoms with E-state index in [1.807, 2.05) is 42.5 Å². The van der Waals surface area contributed by atoms with Crippen LogP contribution in [-0.4, -0.2) is 19.1 Å². The number of anilines is 1. The van der Waals surface area contributed by atoms with Crippen molar-refractivity contribution in [1.82, 2.24) is 0 Å². The number of amides is 1. The first kappa shape index (κ1) is 14.0. The first-order valence-electron chi connectivity index (χ1n) is 6.82. The zero-order valence-electron chi connectivity index (χ0n) is 12.0. The third-order valence-electron chi connectivity index (χ3n) is 3.74. The van der Waals surface area contributed by atoms with Gasteiger partial charge in [0.05, 0.1) is 13.2 Å². The highest BCUT2D eigenvalue weighted by Crippen LogP contribution is 2.41. The van der Waals surface area contributed by atoms with Gasteiger partial charge in [0, 0.05) is 10.6 Å². The summed E-state index contributed by atoms with van der Waals surface area (Å²) >= 11 is 0. The summed E-state index contributed by atoms with van der Waals surface area (Å²) in [5.74, 6) is 0.524. The van der Waals surface area contributed by atoms with Gasteiger partial charge in [-0.25, -0.2) is 0 Å². The van der Waals surface area contributed by atoms with Gasteiger partial charge in [-0.1, -0.05) is 35.4 Å². The smallest absolute Gasteiger partial charge is 0.239 e. The predicted octanol–water partition coefficient (Wildman–Crippen LogP) is 3.46. The predicted molar refractivity (Wildman–Crippen MR) is 82.6 cm³/mol. The molecule has 6 nitrogen and oxygen atoms in total. The zero-order valence-corrected chi connectivity index (χ0v) is 12.0. The van der Waals surface area contributed by atoms with Crippen molar-refractivity contribution in [3.05, 3.63) is 70.6 Å². The lowest BCUT2D eigenvalue weighted by atomic mass is 9.88. The van der Waals surface area contributed by atoms with Gasteiger partial charge in [0.25, 0.3) is 0 Å². The fourth-order valence-electron chi connectivity index (χ4n) is 2.65. The Kier molecular flexibility index (Phi) is 3.68. The standard InChI is InChI=1S/C16H14N4O2/c1-22-13-9-7-12(8-10-13)20-15(11-5-3-2-4-6-11)14(16(20)21)18-19-17/h2-10,14-15H,1H3/t14-,15+/m0/s1. The van der Waals surface area contributed by atoms with Gasteiger partial charge in [0.15, 0.2) is 0 Å². The minimum atomic E-state index is -0.700. The summed E-state index contributed by atoms with van der Waals surface area (Å²) in [5.41, 5.74) is 10.4. The molecule has 22 heavy (non-hydrogen) atoms. The molecule has 1 amide bonds. The normalized spacial score (nSPS) is 20.0. The molecule has 0 radical (unpaired) electrons. The van der Waals surface area contributed by atoms with E-state index in [4.69, 9.17) is 10.3 Å². The number of ether oxygens (including phenoxy) is 1. The minimum Gasteiger partial charge on any atom is -0.497 e. The van der Waals surface area contributed by atoms with Gasteiger partial charge in [0.1, 0.15) is 11.8 Å². The molecule has 1 aliphatic heterocycles. The molecule has 0 bridgehead atoms. The molecule has 2 aromatic carbocycles. The molecule has 1 heterocycles. The monoisotopic (exact) mass is 294 g/mol. The molecule has 0 aliphatic carbocycles. The van der Waals surface area contributed by atoms with E-state index in [0.717, 1.165) is 17.0 Å². The van der Waals surface area contributed by atoms with E-state index in [-0.39, 0.29) is 11.9 Å². The van der Waals surface area contributed by atoms with Gasteiger partial charge in [0.2, 0.25) is 5.91 Å². The van der Waals surface area contributed by atoms with E-state index < -0.39 is 6.04 Å². The highest BCUT2D eigenvalue weighted by atomic mass is 16.5. The molecule has 0 unspecified atom stereocenters. The summed E-state index contributed by atoms with van der Waals surface area (Å²) in [6.45, 7) is 0. The summed E-state index contributed by atoms with van der Waals surface area (Å²) in [6.07, 6.45) is 0. The molecule has 110 valence electrons. The number of benzene rings is 2. The SMILES string of the molecule is COc1ccc(N2C(=O)[C@@H](N=[N+]=[N-])[C@H]2c2ccccc2)cc1. The third-order valence-corrected chi connectivity index (χ3v) is 3.74. The number of methoxy groups -OCH3 is 1. The second-order valence-corrected chi connectivity index (χ2v) is 4.91. The van der Waals surface area contributed by atoms with Crippen LogP contribution in [0.5, 0.6) is 5.75 Å². The Labute approximate surface area is 127 Å². The molecule has 6 heteroatoms. The quantitative estimate of drug-likeness (QED) is 0.374. The highest BCUT2D eigenvalue weighted by molar-refractivity contribution is 6.06. The van der Waals surface area contributed by atoms with Gasteiger partial charge < -0.3 is 9.64 Å². The van der Waals surface area contributed by atoms with E-state index in [1.54, 1.807) is 24.1 Å². The molecular formula is C16H14N4O2. The molecule has 3 rings (SSSR count). The molecule has 2 atom stereocenters. The van der Waals surface area contributed by atoms with Crippen molar-refractivity contribution in [1.29, 1.82) is 0 Å². The number of nitrogens with zero attached hydrogens (tertiary/aromatic N) is 4. The van der Waals surface area contributed by atoms with Crippen molar-refractivity contribution < 1.29 is 9.53 Å². The third kappa shape index (κ3) is 2.25. The maximum absolute atomic E-state index is 12.3. The van der Waals surface area contributed by atoms with Gasteiger partial charge in [-0.05, 0) is 35.4 Å². The molecule has 1 fully saturated rings. The largest absolute Gasteiger partial charge is 0.497 e. The number of carbonyl (C=O) groups excluding carboxylic acids is 1. The number of hydrogen-bond donors (Lipinski definition) is 0. The minimum absolute atomic E-state index is 0.197. The Bertz CT molecular complexity index is 724. The lowest BCUT2D eigenvalue weighted by Crippen LogP contribution is -2.58. The van der Waals surface area contributed by atoms with Gasteiger partial charge in [-0.15, -0.1) is 0 Å². The van der Waals surface area contributed by atoms with Crippen molar-refractivity contribution in [2.24, 2.45) is 5.11 Å². The van der Waals surface area contributed by atoms with E-state index in [1.165, 1.54) is 0 Å². The Hall–Kier alpha value is -2.98. The fourth-order valence-corrected chi connectivity index (χ4v) is 2.65. The lowest BCUT2D eigenvalue weighted by molar-refractivity contribution is -0.126. The van der Waals surface area contributed by atoms with Crippen LogP contribution in [0.1, 0.15) is 11.6 Å². The van der Waals surface area contributed by atoms with Crippen molar-refractivity contribution in [3.63, 3.8) is 0 Å². The van der Waals surface area contributed by atoms with Crippen LogP contribution in [0.2, 0.25) is 0 Å². The summed E-state index contributed by atoms with van der Waals surface area (Å²) in [4.78, 5) is 16.8. The molecule has 0 aromatic heterocycles. The van der Waals surface area contributed by atoms with E-state index >= 15 is 0 Å². The summed E-state index contributed by atoms with van der Waals surface area (Å²) < 4.78 is 5.13. The van der Waals surface area contributed by atoms with Crippen LogP contribution in [0.4, 0.5) is 5.69 Å². The Balaban J connectivity index is 1.97. The number of azide groups is 1. The molecule has 0 saturated carbocycles. The van der Waals surface area contributed by atoms with Crippen LogP contribution in [-0.2, 0) is 4.79 Å². The molecule has 1 saturated heterocycles. The molecule has 1 aliphatic rings. The van der Waals surface area contributed by atoms with Gasteiger partial charge in [-0.2, -0.15) is 0 Å². The highest BCUT2D eigenvalue weighted by Gasteiger charge is 2.48. The molecule has 2 aromatic rings. The first-order valence-corrected chi connectivity index (χ1v) is 6.82. The van der Waals surface area contributed by atoms with Crippen molar-refractivity contribution in [2.45, 2.75) is 12.1 Å². The van der Waals surface area contributed by atoms with E-state index in [2.05, 4.69) is 10.0 Å². The van der Waals surface area contributed by atoms with Crippen LogP contribution in [0.15, 0.2) is 59.7 Å². The lowest BCUT2D eigenvalue weighted by Gasteiger charge is -2.45. The van der Waals surface area contributed by atoms with Gasteiger partial charge >= 0.3 is 0 Å². The van der Waals surface area contributed by atoms with Crippen molar-refractivity contribution in [3.8, 4) is 5.75 Å². The average molecular weight is 294 g/mol.